The van der Waals surface area contributed by atoms with Gasteiger partial charge in [0.1, 0.15) is 5.15 Å². The SMILES string of the molecule is Clc1ccc2ccc3c(Cl)cccc3c2n1. The highest BCUT2D eigenvalue weighted by atomic mass is 35.5. The molecular formula is C13H7Cl2N. The van der Waals surface area contributed by atoms with Crippen molar-refractivity contribution >= 4 is 44.9 Å². The molecule has 0 atom stereocenters. The Balaban J connectivity index is 2.58. The van der Waals surface area contributed by atoms with Crippen molar-refractivity contribution in [1.29, 1.82) is 0 Å². The van der Waals surface area contributed by atoms with Crippen molar-refractivity contribution in [3.05, 3.63) is 52.6 Å². The molecule has 3 heteroatoms. The van der Waals surface area contributed by atoms with Crippen LogP contribution in [0.1, 0.15) is 0 Å². The van der Waals surface area contributed by atoms with E-state index >= 15 is 0 Å². The van der Waals surface area contributed by atoms with Crippen LogP contribution in [0.2, 0.25) is 10.2 Å². The smallest absolute Gasteiger partial charge is 0.129 e. The average molecular weight is 248 g/mol. The first-order chi connectivity index (χ1) is 7.75. The largest absolute Gasteiger partial charge is 0.235 e. The normalized spacial score (nSPS) is 11.1. The minimum atomic E-state index is 0.500. The first-order valence-corrected chi connectivity index (χ1v) is 5.65. The number of fused-ring (bicyclic) bond motifs is 3. The maximum atomic E-state index is 6.14. The van der Waals surface area contributed by atoms with E-state index in [1.165, 1.54) is 0 Å². The standard InChI is InChI=1S/C13H7Cl2N/c14-11-3-1-2-10-9(11)6-4-8-5-7-12(15)16-13(8)10/h1-7H. The van der Waals surface area contributed by atoms with E-state index in [0.29, 0.717) is 5.15 Å². The maximum absolute atomic E-state index is 6.14. The fourth-order valence-corrected chi connectivity index (χ4v) is 2.27. The second-order valence-corrected chi connectivity index (χ2v) is 4.40. The molecule has 0 aliphatic rings. The summed E-state index contributed by atoms with van der Waals surface area (Å²) in [6.45, 7) is 0. The third-order valence-electron chi connectivity index (χ3n) is 2.63. The molecule has 0 saturated heterocycles. The van der Waals surface area contributed by atoms with Gasteiger partial charge in [-0.2, -0.15) is 0 Å². The predicted octanol–water partition coefficient (Wildman–Crippen LogP) is 4.69. The van der Waals surface area contributed by atoms with E-state index < -0.39 is 0 Å². The highest BCUT2D eigenvalue weighted by molar-refractivity contribution is 6.36. The maximum Gasteiger partial charge on any atom is 0.129 e. The molecule has 3 aromatic rings. The Hall–Kier alpha value is -1.31. The predicted molar refractivity (Wildman–Crippen MR) is 69.3 cm³/mol. The molecule has 0 saturated carbocycles. The second-order valence-electron chi connectivity index (χ2n) is 3.61. The van der Waals surface area contributed by atoms with Crippen LogP contribution in [-0.4, -0.2) is 4.98 Å². The Labute approximate surface area is 103 Å². The molecule has 0 aliphatic carbocycles. The number of nitrogens with zero attached hydrogens (tertiary/aromatic N) is 1. The summed E-state index contributed by atoms with van der Waals surface area (Å²) >= 11 is 12.1. The van der Waals surface area contributed by atoms with Crippen LogP contribution >= 0.6 is 23.2 Å². The number of aromatic nitrogens is 1. The average Bonchev–Trinajstić information content (AvgIpc) is 2.29. The van der Waals surface area contributed by atoms with Gasteiger partial charge >= 0.3 is 0 Å². The third kappa shape index (κ3) is 1.44. The first-order valence-electron chi connectivity index (χ1n) is 4.89. The number of halogens is 2. The van der Waals surface area contributed by atoms with E-state index in [1.54, 1.807) is 6.07 Å². The van der Waals surface area contributed by atoms with Crippen molar-refractivity contribution in [3.63, 3.8) is 0 Å². The molecular weight excluding hydrogens is 241 g/mol. The zero-order valence-corrected chi connectivity index (χ0v) is 9.76. The highest BCUT2D eigenvalue weighted by Crippen LogP contribution is 2.29. The Kier molecular flexibility index (Phi) is 2.23. The van der Waals surface area contributed by atoms with Gasteiger partial charge in [0.15, 0.2) is 0 Å². The van der Waals surface area contributed by atoms with Gasteiger partial charge in [-0.15, -0.1) is 0 Å². The number of pyridine rings is 1. The molecule has 0 fully saturated rings. The van der Waals surface area contributed by atoms with Gasteiger partial charge in [0, 0.05) is 21.2 Å². The lowest BCUT2D eigenvalue weighted by Gasteiger charge is -2.04. The van der Waals surface area contributed by atoms with Gasteiger partial charge in [0.05, 0.1) is 5.52 Å². The van der Waals surface area contributed by atoms with Gasteiger partial charge < -0.3 is 0 Å². The zero-order valence-electron chi connectivity index (χ0n) is 8.24. The summed E-state index contributed by atoms with van der Waals surface area (Å²) in [5.41, 5.74) is 0.896. The molecule has 2 aromatic carbocycles. The van der Waals surface area contributed by atoms with Crippen LogP contribution in [0.4, 0.5) is 0 Å². The van der Waals surface area contributed by atoms with Crippen molar-refractivity contribution in [2.24, 2.45) is 0 Å². The van der Waals surface area contributed by atoms with Gasteiger partial charge in [0.25, 0.3) is 0 Å². The van der Waals surface area contributed by atoms with Crippen molar-refractivity contribution in [1.82, 2.24) is 4.98 Å². The highest BCUT2D eigenvalue weighted by Gasteiger charge is 2.04. The number of hydrogen-bond donors (Lipinski definition) is 0. The van der Waals surface area contributed by atoms with Crippen LogP contribution in [0.3, 0.4) is 0 Å². The molecule has 0 N–H and O–H groups in total. The minimum Gasteiger partial charge on any atom is -0.235 e. The summed E-state index contributed by atoms with van der Waals surface area (Å²) in [6.07, 6.45) is 0. The number of hydrogen-bond acceptors (Lipinski definition) is 1. The van der Waals surface area contributed by atoms with Crippen LogP contribution in [0, 0.1) is 0 Å². The quantitative estimate of drug-likeness (QED) is 0.415. The second kappa shape index (κ2) is 3.62. The van der Waals surface area contributed by atoms with E-state index in [9.17, 15) is 0 Å². The van der Waals surface area contributed by atoms with Crippen LogP contribution in [-0.2, 0) is 0 Å². The molecule has 0 amide bonds. The topological polar surface area (TPSA) is 12.9 Å². The Morgan fingerprint density at radius 2 is 1.62 bits per heavy atom. The van der Waals surface area contributed by atoms with E-state index in [4.69, 9.17) is 23.2 Å². The Morgan fingerprint density at radius 1 is 0.812 bits per heavy atom. The molecule has 0 bridgehead atoms. The van der Waals surface area contributed by atoms with Crippen molar-refractivity contribution < 1.29 is 0 Å². The third-order valence-corrected chi connectivity index (χ3v) is 3.17. The van der Waals surface area contributed by atoms with Crippen molar-refractivity contribution in [2.45, 2.75) is 0 Å². The lowest BCUT2D eigenvalue weighted by atomic mass is 10.1. The lowest BCUT2D eigenvalue weighted by Crippen LogP contribution is -1.83. The zero-order chi connectivity index (χ0) is 11.1. The molecule has 0 unspecified atom stereocenters. The van der Waals surface area contributed by atoms with Crippen LogP contribution in [0.5, 0.6) is 0 Å². The van der Waals surface area contributed by atoms with E-state index in [0.717, 1.165) is 26.7 Å². The Morgan fingerprint density at radius 3 is 2.50 bits per heavy atom. The van der Waals surface area contributed by atoms with Gasteiger partial charge in [-0.3, -0.25) is 0 Å². The van der Waals surface area contributed by atoms with Crippen LogP contribution < -0.4 is 0 Å². The van der Waals surface area contributed by atoms with Crippen LogP contribution in [0.25, 0.3) is 21.7 Å². The molecule has 1 heterocycles. The molecule has 16 heavy (non-hydrogen) atoms. The van der Waals surface area contributed by atoms with Gasteiger partial charge in [-0.25, -0.2) is 4.98 Å². The van der Waals surface area contributed by atoms with Crippen LogP contribution in [0.15, 0.2) is 42.5 Å². The van der Waals surface area contributed by atoms with E-state index in [1.807, 2.05) is 36.4 Å². The van der Waals surface area contributed by atoms with Gasteiger partial charge in [-0.1, -0.05) is 47.5 Å². The van der Waals surface area contributed by atoms with Gasteiger partial charge in [0.2, 0.25) is 0 Å². The fraction of sp³-hybridized carbons (Fsp3) is 0. The Bertz CT molecular complexity index is 692. The molecule has 78 valence electrons. The molecule has 1 aromatic heterocycles. The van der Waals surface area contributed by atoms with Crippen molar-refractivity contribution in [3.8, 4) is 0 Å². The number of benzene rings is 2. The molecule has 1 nitrogen and oxygen atoms in total. The lowest BCUT2D eigenvalue weighted by molar-refractivity contribution is 1.43. The summed E-state index contributed by atoms with van der Waals surface area (Å²) in [6, 6.07) is 13.6. The first kappa shape index (κ1) is 9.88. The van der Waals surface area contributed by atoms with E-state index in [2.05, 4.69) is 4.98 Å². The summed E-state index contributed by atoms with van der Waals surface area (Å²) in [5.74, 6) is 0. The van der Waals surface area contributed by atoms with E-state index in [-0.39, 0.29) is 0 Å². The monoisotopic (exact) mass is 247 g/mol. The van der Waals surface area contributed by atoms with Crippen molar-refractivity contribution in [2.75, 3.05) is 0 Å². The molecule has 0 radical (unpaired) electrons. The minimum absolute atomic E-state index is 0.500. The summed E-state index contributed by atoms with van der Waals surface area (Å²) in [5, 5.41) is 4.35. The molecule has 3 rings (SSSR count). The molecule has 0 spiro atoms. The van der Waals surface area contributed by atoms with Gasteiger partial charge in [-0.05, 0) is 18.2 Å². The fourth-order valence-electron chi connectivity index (χ4n) is 1.88. The number of rotatable bonds is 0. The molecule has 0 aliphatic heterocycles. The summed E-state index contributed by atoms with van der Waals surface area (Å²) in [4.78, 5) is 4.35. The summed E-state index contributed by atoms with van der Waals surface area (Å²) < 4.78 is 0. The summed E-state index contributed by atoms with van der Waals surface area (Å²) in [7, 11) is 0.